The number of hydrogen-bond donors (Lipinski definition) is 0. The highest BCUT2D eigenvalue weighted by Gasteiger charge is 2.17. The monoisotopic (exact) mass is 614 g/mol. The summed E-state index contributed by atoms with van der Waals surface area (Å²) in [5.41, 5.74) is 0. The van der Waals surface area contributed by atoms with Crippen molar-refractivity contribution in [1.29, 1.82) is 0 Å². The lowest BCUT2D eigenvalue weighted by Gasteiger charge is -2.18. The zero-order valence-corrected chi connectivity index (χ0v) is 28.7. The first-order chi connectivity index (χ1) is 21.6. The van der Waals surface area contributed by atoms with E-state index in [0.717, 1.165) is 77.0 Å². The van der Waals surface area contributed by atoms with E-state index in [1.54, 1.807) is 0 Å². The molecular formula is C39H66O5. The molecule has 0 aromatic rings. The molecule has 44 heavy (non-hydrogen) atoms. The summed E-state index contributed by atoms with van der Waals surface area (Å²) in [4.78, 5) is 24.7. The molecule has 0 aliphatic rings. The summed E-state index contributed by atoms with van der Waals surface area (Å²) in [7, 11) is 0. The van der Waals surface area contributed by atoms with Crippen LogP contribution in [0.2, 0.25) is 0 Å². The van der Waals surface area contributed by atoms with Crippen molar-refractivity contribution in [3.8, 4) is 0 Å². The van der Waals surface area contributed by atoms with Crippen molar-refractivity contribution in [2.75, 3.05) is 19.8 Å². The molecule has 0 radical (unpaired) electrons. The molecule has 5 nitrogen and oxygen atoms in total. The van der Waals surface area contributed by atoms with Crippen LogP contribution in [-0.4, -0.2) is 37.9 Å². The van der Waals surface area contributed by atoms with E-state index < -0.39 is 6.10 Å². The average Bonchev–Trinajstić information content (AvgIpc) is 3.02. The molecule has 0 aliphatic carbocycles. The van der Waals surface area contributed by atoms with Gasteiger partial charge in [0.15, 0.2) is 6.10 Å². The zero-order chi connectivity index (χ0) is 32.2. The molecular weight excluding hydrogens is 548 g/mol. The molecule has 0 N–H and O–H groups in total. The second-order valence-electron chi connectivity index (χ2n) is 11.4. The van der Waals surface area contributed by atoms with E-state index in [-0.39, 0.29) is 25.2 Å². The fraction of sp³-hybridized carbons (Fsp3) is 0.692. The lowest BCUT2D eigenvalue weighted by molar-refractivity contribution is -0.162. The fourth-order valence-corrected chi connectivity index (χ4v) is 4.45. The first kappa shape index (κ1) is 41.6. The summed E-state index contributed by atoms with van der Waals surface area (Å²) in [6.45, 7) is 7.36. The highest BCUT2D eigenvalue weighted by molar-refractivity contribution is 5.70. The number of carbonyl (C=O) groups excluding carboxylic acids is 2. The maximum absolute atomic E-state index is 12.4. The van der Waals surface area contributed by atoms with Gasteiger partial charge >= 0.3 is 11.9 Å². The molecule has 0 spiro atoms. The van der Waals surface area contributed by atoms with Crippen molar-refractivity contribution < 1.29 is 23.8 Å². The van der Waals surface area contributed by atoms with E-state index in [0.29, 0.717) is 19.4 Å². The third kappa shape index (κ3) is 32.5. The molecule has 0 saturated carbocycles. The minimum absolute atomic E-state index is 0.0541. The first-order valence-corrected chi connectivity index (χ1v) is 17.8. The Labute approximate surface area is 271 Å². The molecule has 0 amide bonds. The van der Waals surface area contributed by atoms with Crippen LogP contribution >= 0.6 is 0 Å². The first-order valence-electron chi connectivity index (χ1n) is 17.8. The van der Waals surface area contributed by atoms with Gasteiger partial charge in [0.25, 0.3) is 0 Å². The maximum Gasteiger partial charge on any atom is 0.306 e. The standard InChI is InChI=1S/C39H66O5/c1-4-7-10-13-15-16-17-18-19-20-21-22-23-25-28-31-34-42-35-37(44-39(41)33-30-26-12-9-6-3)36-43-38(40)32-29-27-24-14-11-8-5-2/h7,10,15-16,18-19,21-22,25,28,37H,4-6,8-9,11-14,17,20,23-24,26-27,29-36H2,1-3H3/b10-7-,16-15-,19-18-,22-21-,28-25-. The molecule has 0 heterocycles. The van der Waals surface area contributed by atoms with Gasteiger partial charge in [0.1, 0.15) is 6.61 Å². The smallest absolute Gasteiger partial charge is 0.306 e. The molecule has 0 saturated heterocycles. The van der Waals surface area contributed by atoms with Gasteiger partial charge in [-0.3, -0.25) is 9.59 Å². The maximum atomic E-state index is 12.4. The van der Waals surface area contributed by atoms with E-state index in [1.165, 1.54) is 38.5 Å². The second-order valence-corrected chi connectivity index (χ2v) is 11.4. The molecule has 0 fully saturated rings. The molecule has 0 aromatic heterocycles. The van der Waals surface area contributed by atoms with Gasteiger partial charge in [0, 0.05) is 12.8 Å². The number of allylic oxidation sites excluding steroid dienone is 9. The summed E-state index contributed by atoms with van der Waals surface area (Å²) in [5, 5.41) is 0. The van der Waals surface area contributed by atoms with Crippen LogP contribution in [0.5, 0.6) is 0 Å². The third-order valence-corrected chi connectivity index (χ3v) is 7.09. The van der Waals surface area contributed by atoms with Crippen LogP contribution in [0.1, 0.15) is 149 Å². The minimum Gasteiger partial charge on any atom is -0.462 e. The lowest BCUT2D eigenvalue weighted by Crippen LogP contribution is -2.30. The average molecular weight is 615 g/mol. The number of carbonyl (C=O) groups is 2. The predicted octanol–water partition coefficient (Wildman–Crippen LogP) is 11.1. The van der Waals surface area contributed by atoms with Gasteiger partial charge < -0.3 is 14.2 Å². The molecule has 252 valence electrons. The van der Waals surface area contributed by atoms with E-state index in [2.05, 4.69) is 81.5 Å². The molecule has 0 aromatic carbocycles. The molecule has 5 heteroatoms. The Morgan fingerprint density at radius 1 is 0.523 bits per heavy atom. The van der Waals surface area contributed by atoms with Crippen LogP contribution in [0.25, 0.3) is 0 Å². The summed E-state index contributed by atoms with van der Waals surface area (Å²) in [6.07, 6.45) is 41.2. The molecule has 1 unspecified atom stereocenters. The zero-order valence-electron chi connectivity index (χ0n) is 28.7. The summed E-state index contributed by atoms with van der Waals surface area (Å²) in [6, 6.07) is 0. The van der Waals surface area contributed by atoms with Gasteiger partial charge in [-0.05, 0) is 51.4 Å². The van der Waals surface area contributed by atoms with Crippen molar-refractivity contribution in [1.82, 2.24) is 0 Å². The number of ether oxygens (including phenoxy) is 3. The van der Waals surface area contributed by atoms with Gasteiger partial charge in [-0.2, -0.15) is 0 Å². The Morgan fingerprint density at radius 3 is 1.50 bits per heavy atom. The number of unbranched alkanes of at least 4 members (excludes halogenated alkanes) is 10. The van der Waals surface area contributed by atoms with Crippen molar-refractivity contribution in [3.05, 3.63) is 60.8 Å². The Morgan fingerprint density at radius 2 is 0.977 bits per heavy atom. The van der Waals surface area contributed by atoms with Crippen LogP contribution in [0, 0.1) is 0 Å². The summed E-state index contributed by atoms with van der Waals surface area (Å²) < 4.78 is 16.9. The van der Waals surface area contributed by atoms with Gasteiger partial charge in [-0.25, -0.2) is 0 Å². The van der Waals surface area contributed by atoms with Gasteiger partial charge in [0.2, 0.25) is 0 Å². The minimum atomic E-state index is -0.565. The second kappa shape index (κ2) is 35.1. The largest absolute Gasteiger partial charge is 0.462 e. The number of hydrogen-bond acceptors (Lipinski definition) is 5. The van der Waals surface area contributed by atoms with Crippen LogP contribution < -0.4 is 0 Å². The van der Waals surface area contributed by atoms with E-state index in [9.17, 15) is 9.59 Å². The van der Waals surface area contributed by atoms with E-state index >= 15 is 0 Å². The van der Waals surface area contributed by atoms with Gasteiger partial charge in [-0.1, -0.05) is 146 Å². The predicted molar refractivity (Wildman–Crippen MR) is 187 cm³/mol. The van der Waals surface area contributed by atoms with Crippen molar-refractivity contribution in [2.24, 2.45) is 0 Å². The molecule has 1 atom stereocenters. The van der Waals surface area contributed by atoms with Crippen LogP contribution in [0.3, 0.4) is 0 Å². The van der Waals surface area contributed by atoms with E-state index in [1.807, 2.05) is 0 Å². The summed E-state index contributed by atoms with van der Waals surface area (Å²) in [5.74, 6) is -0.464. The van der Waals surface area contributed by atoms with Crippen molar-refractivity contribution >= 4 is 11.9 Å². The quantitative estimate of drug-likeness (QED) is 0.0441. The topological polar surface area (TPSA) is 61.8 Å². The fourth-order valence-electron chi connectivity index (χ4n) is 4.45. The van der Waals surface area contributed by atoms with Gasteiger partial charge in [-0.15, -0.1) is 0 Å². The Balaban J connectivity index is 4.26. The van der Waals surface area contributed by atoms with Crippen LogP contribution in [0.4, 0.5) is 0 Å². The summed E-state index contributed by atoms with van der Waals surface area (Å²) >= 11 is 0. The Hall–Kier alpha value is -2.40. The van der Waals surface area contributed by atoms with Crippen LogP contribution in [0.15, 0.2) is 60.8 Å². The Kier molecular flexibility index (Phi) is 33.2. The normalized spacial score (nSPS) is 12.9. The molecule has 0 aliphatic heterocycles. The number of esters is 2. The van der Waals surface area contributed by atoms with Crippen LogP contribution in [-0.2, 0) is 23.8 Å². The number of rotatable bonds is 31. The SMILES string of the molecule is CC/C=C\C/C=C\C/C=C\C/C=C\C/C=C\CCOCC(COC(=O)CCCCCCCCC)OC(=O)CCCCCCC. The van der Waals surface area contributed by atoms with E-state index in [4.69, 9.17) is 14.2 Å². The molecule has 0 bridgehead atoms. The molecule has 0 rings (SSSR count). The Bertz CT molecular complexity index is 792. The van der Waals surface area contributed by atoms with Crippen molar-refractivity contribution in [3.63, 3.8) is 0 Å². The highest BCUT2D eigenvalue weighted by atomic mass is 16.6. The third-order valence-electron chi connectivity index (χ3n) is 7.09. The van der Waals surface area contributed by atoms with Gasteiger partial charge in [0.05, 0.1) is 13.2 Å². The lowest BCUT2D eigenvalue weighted by atomic mass is 10.1. The highest BCUT2D eigenvalue weighted by Crippen LogP contribution is 2.10. The van der Waals surface area contributed by atoms with Crippen molar-refractivity contribution in [2.45, 2.75) is 155 Å².